The van der Waals surface area contributed by atoms with Crippen molar-refractivity contribution in [2.75, 3.05) is 11.5 Å². The molecule has 0 radical (unpaired) electrons. The van der Waals surface area contributed by atoms with Gasteiger partial charge in [0.05, 0.1) is 22.7 Å². The third-order valence-electron chi connectivity index (χ3n) is 6.55. The van der Waals surface area contributed by atoms with Crippen molar-refractivity contribution in [3.8, 4) is 17.0 Å². The fourth-order valence-electron chi connectivity index (χ4n) is 4.87. The second-order valence-corrected chi connectivity index (χ2v) is 11.4. The zero-order valence-corrected chi connectivity index (χ0v) is 19.8. The molecule has 0 saturated carbocycles. The highest BCUT2D eigenvalue weighted by Gasteiger charge is 2.49. The van der Waals surface area contributed by atoms with Crippen LogP contribution in [-0.4, -0.2) is 47.8 Å². The number of nitrogens with zero attached hydrogens (tertiary/aromatic N) is 2. The summed E-state index contributed by atoms with van der Waals surface area (Å²) in [6.07, 6.45) is 2.29. The maximum atomic E-state index is 13.1. The Labute approximate surface area is 192 Å². The summed E-state index contributed by atoms with van der Waals surface area (Å²) in [6.45, 7) is 2.99. The molecule has 1 aromatic heterocycles. The molecular formula is C23H29F2N3O4S. The average Bonchev–Trinajstić information content (AvgIpc) is 3.11. The molecule has 7 nitrogen and oxygen atoms in total. The molecule has 1 aliphatic carbocycles. The van der Waals surface area contributed by atoms with E-state index in [4.69, 9.17) is 5.10 Å². The Morgan fingerprint density at radius 2 is 2.06 bits per heavy atom. The Morgan fingerprint density at radius 3 is 2.67 bits per heavy atom. The lowest BCUT2D eigenvalue weighted by Crippen LogP contribution is -2.66. The number of carbonyl (C=O) groups excluding carboxylic acids is 1. The van der Waals surface area contributed by atoms with E-state index in [0.29, 0.717) is 36.9 Å². The van der Waals surface area contributed by atoms with Gasteiger partial charge in [0, 0.05) is 35.2 Å². The fraction of sp³-hybridized carbons (Fsp3) is 0.565. The van der Waals surface area contributed by atoms with Gasteiger partial charge >= 0.3 is 6.61 Å². The van der Waals surface area contributed by atoms with E-state index in [-0.39, 0.29) is 35.1 Å². The Balaban J connectivity index is 1.59. The third-order valence-corrected chi connectivity index (χ3v) is 8.54. The van der Waals surface area contributed by atoms with E-state index in [1.165, 1.54) is 6.07 Å². The molecule has 2 aliphatic rings. The first-order valence-corrected chi connectivity index (χ1v) is 13.0. The Morgan fingerprint density at radius 1 is 1.33 bits per heavy atom. The molecule has 1 saturated heterocycles. The quantitative estimate of drug-likeness (QED) is 0.654. The van der Waals surface area contributed by atoms with Crippen LogP contribution in [0.15, 0.2) is 24.3 Å². The molecule has 1 aromatic carbocycles. The number of alkyl halides is 2. The first-order chi connectivity index (χ1) is 15.5. The lowest BCUT2D eigenvalue weighted by molar-refractivity contribution is -0.127. The van der Waals surface area contributed by atoms with Crippen LogP contribution in [0.1, 0.15) is 50.9 Å². The van der Waals surface area contributed by atoms with Crippen molar-refractivity contribution < 1.29 is 26.7 Å². The van der Waals surface area contributed by atoms with Crippen molar-refractivity contribution in [2.45, 2.75) is 64.6 Å². The standard InChI is InChI=1S/C23H29F2N3O4S/c1-4-23(12-33(30,31)13-23)26-21(29)16-8-9-18-19(11-16)28(14(2)3)27-20(18)15-6-5-7-17(10-15)32-22(24)25/h5-7,10,14,16,22H,4,8-9,11-13H2,1-3H3,(H,26,29)/t16-/m1/s1. The number of amides is 1. The normalized spacial score (nSPS) is 20.9. The van der Waals surface area contributed by atoms with E-state index in [2.05, 4.69) is 10.1 Å². The molecule has 1 amide bonds. The maximum Gasteiger partial charge on any atom is 0.387 e. The second kappa shape index (κ2) is 8.70. The smallest absolute Gasteiger partial charge is 0.387 e. The lowest BCUT2D eigenvalue weighted by Gasteiger charge is -2.42. The molecule has 0 spiro atoms. The average molecular weight is 482 g/mol. The van der Waals surface area contributed by atoms with Crippen LogP contribution < -0.4 is 10.1 Å². The number of sulfone groups is 1. The van der Waals surface area contributed by atoms with Gasteiger partial charge in [0.15, 0.2) is 9.84 Å². The largest absolute Gasteiger partial charge is 0.435 e. The van der Waals surface area contributed by atoms with E-state index < -0.39 is 22.0 Å². The number of nitrogens with one attached hydrogen (secondary N) is 1. The van der Waals surface area contributed by atoms with Crippen molar-refractivity contribution in [2.24, 2.45) is 5.92 Å². The van der Waals surface area contributed by atoms with Crippen molar-refractivity contribution in [1.29, 1.82) is 0 Å². The van der Waals surface area contributed by atoms with Gasteiger partial charge < -0.3 is 10.1 Å². The first-order valence-electron chi connectivity index (χ1n) is 11.2. The van der Waals surface area contributed by atoms with Gasteiger partial charge in [-0.25, -0.2) is 8.42 Å². The molecule has 1 fully saturated rings. The van der Waals surface area contributed by atoms with Crippen LogP contribution in [-0.2, 0) is 27.5 Å². The highest BCUT2D eigenvalue weighted by Crippen LogP contribution is 2.37. The van der Waals surface area contributed by atoms with E-state index in [1.807, 2.05) is 31.5 Å². The molecular weight excluding hydrogens is 452 g/mol. The molecule has 1 N–H and O–H groups in total. The van der Waals surface area contributed by atoms with E-state index in [9.17, 15) is 22.0 Å². The Bertz CT molecular complexity index is 1150. The predicted molar refractivity (Wildman–Crippen MR) is 120 cm³/mol. The zero-order chi connectivity index (χ0) is 24.0. The molecule has 4 rings (SSSR count). The van der Waals surface area contributed by atoms with E-state index in [1.54, 1.807) is 12.1 Å². The van der Waals surface area contributed by atoms with Gasteiger partial charge in [0.25, 0.3) is 0 Å². The number of fused-ring (bicyclic) bond motifs is 1. The van der Waals surface area contributed by atoms with Crippen molar-refractivity contribution in [1.82, 2.24) is 15.1 Å². The summed E-state index contributed by atoms with van der Waals surface area (Å²) in [4.78, 5) is 13.1. The molecule has 1 aliphatic heterocycles. The van der Waals surface area contributed by atoms with Gasteiger partial charge in [-0.05, 0) is 45.2 Å². The number of rotatable bonds is 7. The van der Waals surface area contributed by atoms with Gasteiger partial charge in [0.1, 0.15) is 5.75 Å². The van der Waals surface area contributed by atoms with Crippen LogP contribution in [0.3, 0.4) is 0 Å². The molecule has 180 valence electrons. The molecule has 0 unspecified atom stereocenters. The summed E-state index contributed by atoms with van der Waals surface area (Å²) in [6, 6.07) is 6.55. The Kier molecular flexibility index (Phi) is 6.24. The van der Waals surface area contributed by atoms with Crippen LogP contribution in [0.25, 0.3) is 11.3 Å². The second-order valence-electron chi connectivity index (χ2n) is 9.31. The van der Waals surface area contributed by atoms with Gasteiger partial charge in [-0.2, -0.15) is 13.9 Å². The van der Waals surface area contributed by atoms with Gasteiger partial charge in [-0.15, -0.1) is 0 Å². The van der Waals surface area contributed by atoms with Crippen LogP contribution in [0.4, 0.5) is 8.78 Å². The number of aromatic nitrogens is 2. The molecule has 2 heterocycles. The van der Waals surface area contributed by atoms with Gasteiger partial charge in [0.2, 0.25) is 5.91 Å². The van der Waals surface area contributed by atoms with Crippen LogP contribution in [0, 0.1) is 5.92 Å². The summed E-state index contributed by atoms with van der Waals surface area (Å²) in [5.41, 5.74) is 2.71. The van der Waals surface area contributed by atoms with E-state index >= 15 is 0 Å². The van der Waals surface area contributed by atoms with E-state index in [0.717, 1.165) is 11.3 Å². The minimum absolute atomic E-state index is 0.00862. The summed E-state index contributed by atoms with van der Waals surface area (Å²) < 4.78 is 55.2. The highest BCUT2D eigenvalue weighted by atomic mass is 32.2. The third kappa shape index (κ3) is 4.76. The minimum atomic E-state index is -3.07. The number of hydrogen-bond acceptors (Lipinski definition) is 5. The predicted octanol–water partition coefficient (Wildman–Crippen LogP) is 3.53. The fourth-order valence-corrected chi connectivity index (χ4v) is 7.02. The summed E-state index contributed by atoms with van der Waals surface area (Å²) in [5, 5.41) is 7.79. The van der Waals surface area contributed by atoms with Crippen LogP contribution >= 0.6 is 0 Å². The number of hydrogen-bond donors (Lipinski definition) is 1. The molecule has 33 heavy (non-hydrogen) atoms. The zero-order valence-electron chi connectivity index (χ0n) is 19.0. The number of halogens is 2. The number of ether oxygens (including phenoxy) is 1. The summed E-state index contributed by atoms with van der Waals surface area (Å²) in [7, 11) is -3.07. The minimum Gasteiger partial charge on any atom is -0.435 e. The lowest BCUT2D eigenvalue weighted by atomic mass is 9.84. The molecule has 10 heteroatoms. The number of benzene rings is 1. The van der Waals surface area contributed by atoms with Crippen molar-refractivity contribution in [3.05, 3.63) is 35.5 Å². The van der Waals surface area contributed by atoms with Crippen LogP contribution in [0.2, 0.25) is 0 Å². The van der Waals surface area contributed by atoms with Gasteiger partial charge in [-0.1, -0.05) is 19.1 Å². The first kappa shape index (κ1) is 23.7. The van der Waals surface area contributed by atoms with Gasteiger partial charge in [-0.3, -0.25) is 9.48 Å². The number of carbonyl (C=O) groups is 1. The summed E-state index contributed by atoms with van der Waals surface area (Å²) in [5.74, 6) is -0.345. The SMILES string of the molecule is CCC1(NC(=O)[C@@H]2CCc3c(-c4cccc(OC(F)F)c4)nn(C(C)C)c3C2)CS(=O)(=O)C1. The topological polar surface area (TPSA) is 90.3 Å². The van der Waals surface area contributed by atoms with Crippen molar-refractivity contribution in [3.63, 3.8) is 0 Å². The summed E-state index contributed by atoms with van der Waals surface area (Å²) >= 11 is 0. The highest BCUT2D eigenvalue weighted by molar-refractivity contribution is 7.93. The molecule has 1 atom stereocenters. The molecule has 0 bridgehead atoms. The monoisotopic (exact) mass is 481 g/mol. The van der Waals surface area contributed by atoms with Crippen LogP contribution in [0.5, 0.6) is 5.75 Å². The molecule has 2 aromatic rings. The van der Waals surface area contributed by atoms with Crippen molar-refractivity contribution >= 4 is 15.7 Å². The Hall–Kier alpha value is -2.49. The maximum absolute atomic E-state index is 13.1.